The first-order chi connectivity index (χ1) is 5.57. The summed E-state index contributed by atoms with van der Waals surface area (Å²) in [5, 5.41) is 18.5. The average molecular weight is 176 g/mol. The van der Waals surface area contributed by atoms with Crippen molar-refractivity contribution >= 4 is 5.97 Å². The summed E-state index contributed by atoms with van der Waals surface area (Å²) in [5.41, 5.74) is 0. The fourth-order valence-corrected chi connectivity index (χ4v) is 1.16. The van der Waals surface area contributed by atoms with E-state index in [-0.39, 0.29) is 0 Å². The molecule has 12 heavy (non-hydrogen) atoms. The van der Waals surface area contributed by atoms with Gasteiger partial charge in [-0.25, -0.2) is 4.79 Å². The molecule has 0 amide bonds. The van der Waals surface area contributed by atoms with Crippen LogP contribution in [0.3, 0.4) is 0 Å². The van der Waals surface area contributed by atoms with Crippen molar-refractivity contribution in [2.45, 2.75) is 31.3 Å². The van der Waals surface area contributed by atoms with Gasteiger partial charge in [-0.3, -0.25) is 0 Å². The van der Waals surface area contributed by atoms with Gasteiger partial charge in [-0.15, -0.1) is 0 Å². The smallest absolute Gasteiger partial charge is 0.337 e. The minimum absolute atomic E-state index is 0.538. The summed E-state index contributed by atoms with van der Waals surface area (Å²) in [6.07, 6.45) is -3.80. The van der Waals surface area contributed by atoms with Gasteiger partial charge in [0.1, 0.15) is 12.2 Å². The lowest BCUT2D eigenvalue weighted by Gasteiger charge is -2.11. The van der Waals surface area contributed by atoms with E-state index >= 15 is 0 Å². The second kappa shape index (κ2) is 3.38. The number of ether oxygens (including phenoxy) is 2. The van der Waals surface area contributed by atoms with Crippen molar-refractivity contribution in [3.8, 4) is 0 Å². The van der Waals surface area contributed by atoms with Gasteiger partial charge >= 0.3 is 5.97 Å². The second-order valence-corrected chi connectivity index (χ2v) is 2.77. The Hall–Kier alpha value is -0.650. The molecule has 1 rings (SSSR count). The van der Waals surface area contributed by atoms with E-state index in [1.165, 1.54) is 7.11 Å². The Labute approximate surface area is 69.9 Å². The van der Waals surface area contributed by atoms with E-state index in [1.807, 2.05) is 0 Å². The molecule has 5 heteroatoms. The Balaban J connectivity index is 2.64. The number of carbonyl (C=O) groups excluding carboxylic acids is 1. The number of esters is 1. The highest BCUT2D eigenvalue weighted by Crippen LogP contribution is 2.21. The molecule has 4 atom stereocenters. The molecule has 1 aliphatic rings. The van der Waals surface area contributed by atoms with Crippen molar-refractivity contribution in [2.24, 2.45) is 0 Å². The third-order valence-electron chi connectivity index (χ3n) is 1.94. The summed E-state index contributed by atoms with van der Waals surface area (Å²) in [6.45, 7) is 1.58. The van der Waals surface area contributed by atoms with Crippen molar-refractivity contribution in [1.82, 2.24) is 0 Å². The van der Waals surface area contributed by atoms with Crippen LogP contribution in [-0.2, 0) is 14.3 Å². The molecule has 5 nitrogen and oxygen atoms in total. The summed E-state index contributed by atoms with van der Waals surface area (Å²) < 4.78 is 9.33. The van der Waals surface area contributed by atoms with Gasteiger partial charge in [0.25, 0.3) is 0 Å². The normalized spacial score (nSPS) is 41.3. The third kappa shape index (κ3) is 1.43. The van der Waals surface area contributed by atoms with Crippen LogP contribution in [0, 0.1) is 0 Å². The molecule has 0 aromatic carbocycles. The van der Waals surface area contributed by atoms with Crippen LogP contribution in [0.5, 0.6) is 0 Å². The number of hydrogen-bond acceptors (Lipinski definition) is 5. The minimum atomic E-state index is -1.19. The molecule has 0 aliphatic carbocycles. The quantitative estimate of drug-likeness (QED) is 0.484. The lowest BCUT2D eigenvalue weighted by atomic mass is 10.1. The van der Waals surface area contributed by atoms with Gasteiger partial charge in [-0.1, -0.05) is 0 Å². The Morgan fingerprint density at radius 3 is 2.33 bits per heavy atom. The fourth-order valence-electron chi connectivity index (χ4n) is 1.16. The predicted octanol–water partition coefficient (Wildman–Crippen LogP) is -1.33. The van der Waals surface area contributed by atoms with Gasteiger partial charge in [0.2, 0.25) is 0 Å². The Morgan fingerprint density at radius 1 is 1.42 bits per heavy atom. The monoisotopic (exact) mass is 176 g/mol. The molecule has 0 aromatic heterocycles. The zero-order chi connectivity index (χ0) is 9.30. The maximum Gasteiger partial charge on any atom is 0.337 e. The molecular weight excluding hydrogens is 164 g/mol. The van der Waals surface area contributed by atoms with Gasteiger partial charge < -0.3 is 19.7 Å². The molecule has 1 aliphatic heterocycles. The van der Waals surface area contributed by atoms with Crippen LogP contribution in [0.25, 0.3) is 0 Å². The highest BCUT2D eigenvalue weighted by Gasteiger charge is 2.44. The van der Waals surface area contributed by atoms with E-state index in [0.717, 1.165) is 0 Å². The minimum Gasteiger partial charge on any atom is -0.467 e. The van der Waals surface area contributed by atoms with E-state index in [4.69, 9.17) is 4.74 Å². The number of aliphatic hydroxyl groups excluding tert-OH is 2. The van der Waals surface area contributed by atoms with Gasteiger partial charge in [-0.05, 0) is 6.92 Å². The predicted molar refractivity (Wildman–Crippen MR) is 38.4 cm³/mol. The first-order valence-corrected chi connectivity index (χ1v) is 3.67. The van der Waals surface area contributed by atoms with Crippen LogP contribution >= 0.6 is 0 Å². The van der Waals surface area contributed by atoms with E-state index in [1.54, 1.807) is 6.92 Å². The maximum atomic E-state index is 10.9. The van der Waals surface area contributed by atoms with Crippen LogP contribution < -0.4 is 0 Å². The van der Waals surface area contributed by atoms with Crippen molar-refractivity contribution in [1.29, 1.82) is 0 Å². The average Bonchev–Trinajstić information content (AvgIpc) is 2.32. The highest BCUT2D eigenvalue weighted by molar-refractivity contribution is 5.75. The van der Waals surface area contributed by atoms with Crippen molar-refractivity contribution in [2.75, 3.05) is 7.11 Å². The van der Waals surface area contributed by atoms with Gasteiger partial charge in [0.15, 0.2) is 6.10 Å². The largest absolute Gasteiger partial charge is 0.467 e. The molecular formula is C7H12O5. The molecule has 1 saturated heterocycles. The molecule has 0 radical (unpaired) electrons. The molecule has 0 spiro atoms. The summed E-state index contributed by atoms with van der Waals surface area (Å²) in [5.74, 6) is -0.661. The number of hydrogen-bond donors (Lipinski definition) is 2. The molecule has 0 saturated carbocycles. The Bertz CT molecular complexity index is 181. The summed E-state index contributed by atoms with van der Waals surface area (Å²) in [6, 6.07) is 0. The number of methoxy groups -OCH3 is 1. The fraction of sp³-hybridized carbons (Fsp3) is 0.857. The van der Waals surface area contributed by atoms with Crippen LogP contribution in [0.4, 0.5) is 0 Å². The molecule has 0 aromatic rings. The third-order valence-corrected chi connectivity index (χ3v) is 1.94. The highest BCUT2D eigenvalue weighted by atomic mass is 16.6. The maximum absolute atomic E-state index is 10.9. The van der Waals surface area contributed by atoms with Crippen LogP contribution in [0.15, 0.2) is 0 Å². The van der Waals surface area contributed by atoms with Gasteiger partial charge in [0.05, 0.1) is 13.2 Å². The Morgan fingerprint density at radius 2 is 2.00 bits per heavy atom. The lowest BCUT2D eigenvalue weighted by Crippen LogP contribution is -2.36. The number of rotatable bonds is 1. The molecule has 4 unspecified atom stereocenters. The number of aliphatic hydroxyl groups is 2. The SMILES string of the molecule is COC(=O)C1OC(C)C(O)C1O. The molecule has 1 fully saturated rings. The zero-order valence-corrected chi connectivity index (χ0v) is 6.93. The first-order valence-electron chi connectivity index (χ1n) is 3.67. The van der Waals surface area contributed by atoms with Crippen LogP contribution in [-0.4, -0.2) is 47.7 Å². The summed E-state index contributed by atoms with van der Waals surface area (Å²) in [4.78, 5) is 10.9. The van der Waals surface area contributed by atoms with E-state index < -0.39 is 30.4 Å². The molecule has 0 bridgehead atoms. The number of carbonyl (C=O) groups is 1. The summed E-state index contributed by atoms with van der Waals surface area (Å²) >= 11 is 0. The van der Waals surface area contributed by atoms with Crippen molar-refractivity contribution in [3.63, 3.8) is 0 Å². The van der Waals surface area contributed by atoms with E-state index in [0.29, 0.717) is 0 Å². The molecule has 2 N–H and O–H groups in total. The lowest BCUT2D eigenvalue weighted by molar-refractivity contribution is -0.156. The van der Waals surface area contributed by atoms with Crippen molar-refractivity contribution in [3.05, 3.63) is 0 Å². The van der Waals surface area contributed by atoms with E-state index in [9.17, 15) is 15.0 Å². The molecule has 70 valence electrons. The zero-order valence-electron chi connectivity index (χ0n) is 6.93. The second-order valence-electron chi connectivity index (χ2n) is 2.77. The topological polar surface area (TPSA) is 76.0 Å². The Kier molecular flexibility index (Phi) is 2.66. The van der Waals surface area contributed by atoms with Gasteiger partial charge in [-0.2, -0.15) is 0 Å². The van der Waals surface area contributed by atoms with E-state index in [2.05, 4.69) is 4.74 Å². The van der Waals surface area contributed by atoms with Crippen LogP contribution in [0.2, 0.25) is 0 Å². The van der Waals surface area contributed by atoms with Gasteiger partial charge in [0, 0.05) is 0 Å². The van der Waals surface area contributed by atoms with Crippen molar-refractivity contribution < 1.29 is 24.5 Å². The van der Waals surface area contributed by atoms with Crippen LogP contribution in [0.1, 0.15) is 6.92 Å². The first kappa shape index (κ1) is 9.44. The summed E-state index contributed by atoms with van der Waals surface area (Å²) in [7, 11) is 1.20. The molecule has 1 heterocycles. The standard InChI is InChI=1S/C7H12O5/c1-3-4(8)5(9)6(12-3)7(10)11-2/h3-6,8-9H,1-2H3.